The number of rotatable bonds is 5. The number of fused-ring (bicyclic) bond motifs is 1. The Hall–Kier alpha value is -1.48. The second-order valence-corrected chi connectivity index (χ2v) is 8.18. The van der Waals surface area contributed by atoms with E-state index in [4.69, 9.17) is 0 Å². The van der Waals surface area contributed by atoms with Crippen LogP contribution >= 0.6 is 12.4 Å². The summed E-state index contributed by atoms with van der Waals surface area (Å²) in [5.74, 6) is -0.753. The normalized spacial score (nSPS) is 21.2. The molecule has 2 amide bonds. The van der Waals surface area contributed by atoms with Crippen molar-refractivity contribution in [2.75, 3.05) is 31.9 Å². The summed E-state index contributed by atoms with van der Waals surface area (Å²) in [5.41, 5.74) is 0.780. The van der Waals surface area contributed by atoms with Gasteiger partial charge in [0.25, 0.3) is 11.8 Å². The molecule has 1 aromatic carbocycles. The highest BCUT2D eigenvalue weighted by Crippen LogP contribution is 2.22. The summed E-state index contributed by atoms with van der Waals surface area (Å²) < 4.78 is 26.4. The predicted octanol–water partition coefficient (Wildman–Crippen LogP) is 0.718. The van der Waals surface area contributed by atoms with Crippen LogP contribution < -0.4 is 5.32 Å². The van der Waals surface area contributed by atoms with Crippen LogP contribution in [-0.2, 0) is 10.0 Å². The van der Waals surface area contributed by atoms with E-state index in [0.717, 1.165) is 4.90 Å². The van der Waals surface area contributed by atoms with Gasteiger partial charge >= 0.3 is 0 Å². The molecule has 1 N–H and O–H groups in total. The highest BCUT2D eigenvalue weighted by Gasteiger charge is 2.35. The number of carbonyl (C=O) groups excluding carboxylic acids is 2. The maximum Gasteiger partial charge on any atom is 0.261 e. The first kappa shape index (κ1) is 19.8. The lowest BCUT2D eigenvalue weighted by atomic mass is 10.1. The van der Waals surface area contributed by atoms with Crippen LogP contribution in [0.4, 0.5) is 0 Å². The van der Waals surface area contributed by atoms with Gasteiger partial charge in [0.1, 0.15) is 0 Å². The average molecular weight is 388 g/mol. The van der Waals surface area contributed by atoms with Gasteiger partial charge in [-0.15, -0.1) is 12.4 Å². The number of imide groups is 1. The number of piperazine rings is 1. The van der Waals surface area contributed by atoms with Crippen molar-refractivity contribution >= 4 is 34.2 Å². The third kappa shape index (κ3) is 3.87. The van der Waals surface area contributed by atoms with Gasteiger partial charge in [-0.1, -0.05) is 12.1 Å². The first-order valence-electron chi connectivity index (χ1n) is 8.07. The van der Waals surface area contributed by atoms with Crippen molar-refractivity contribution < 1.29 is 18.0 Å². The first-order chi connectivity index (χ1) is 11.4. The molecule has 0 aliphatic carbocycles. The average Bonchev–Trinajstić information content (AvgIpc) is 2.80. The number of halogens is 1. The topological polar surface area (TPSA) is 86.8 Å². The van der Waals surface area contributed by atoms with E-state index >= 15 is 0 Å². The van der Waals surface area contributed by atoms with Gasteiger partial charge in [0.2, 0.25) is 10.0 Å². The number of hydrogen-bond donors (Lipinski definition) is 1. The molecule has 0 radical (unpaired) electrons. The maximum absolute atomic E-state index is 12.5. The molecule has 0 spiro atoms. The molecular weight excluding hydrogens is 366 g/mol. The van der Waals surface area contributed by atoms with Gasteiger partial charge in [-0.05, 0) is 25.5 Å². The molecule has 3 rings (SSSR count). The van der Waals surface area contributed by atoms with Gasteiger partial charge in [0.05, 0.1) is 16.9 Å². The summed E-state index contributed by atoms with van der Waals surface area (Å²) in [7, 11) is -3.38. The van der Waals surface area contributed by atoms with E-state index in [-0.39, 0.29) is 49.0 Å². The highest BCUT2D eigenvalue weighted by atomic mass is 35.5. The van der Waals surface area contributed by atoms with E-state index in [9.17, 15) is 18.0 Å². The van der Waals surface area contributed by atoms with E-state index in [0.29, 0.717) is 30.8 Å². The minimum Gasteiger partial charge on any atom is -0.314 e. The molecule has 0 aromatic heterocycles. The molecule has 1 aromatic rings. The summed E-state index contributed by atoms with van der Waals surface area (Å²) in [6.45, 7) is 3.72. The number of nitrogens with one attached hydrogen (secondary N) is 1. The Balaban J connectivity index is 0.00000225. The third-order valence-electron chi connectivity index (χ3n) is 4.46. The second-order valence-electron chi connectivity index (χ2n) is 6.14. The number of nitrogens with zero attached hydrogens (tertiary/aromatic N) is 2. The summed E-state index contributed by atoms with van der Waals surface area (Å²) in [5, 5.41) is 3.16. The Kier molecular flexibility index (Phi) is 6.21. The van der Waals surface area contributed by atoms with E-state index in [1.54, 1.807) is 24.3 Å². The Morgan fingerprint density at radius 1 is 1.16 bits per heavy atom. The van der Waals surface area contributed by atoms with Crippen molar-refractivity contribution in [3.8, 4) is 0 Å². The van der Waals surface area contributed by atoms with Crippen molar-refractivity contribution in [1.82, 2.24) is 14.5 Å². The zero-order chi connectivity index (χ0) is 17.3. The Bertz CT molecular complexity index is 733. The fourth-order valence-corrected chi connectivity index (χ4v) is 4.92. The summed E-state index contributed by atoms with van der Waals surface area (Å²) in [4.78, 5) is 25.6. The molecule has 9 heteroatoms. The molecular formula is C16H22ClN3O4S. The SMILES string of the molecule is CC1CNCCN1S(=O)(=O)CCCN1C(=O)c2ccccc2C1=O.Cl. The monoisotopic (exact) mass is 387 g/mol. The second kappa shape index (κ2) is 7.82. The molecule has 2 heterocycles. The van der Waals surface area contributed by atoms with Crippen molar-refractivity contribution in [3.05, 3.63) is 35.4 Å². The maximum atomic E-state index is 12.5. The largest absolute Gasteiger partial charge is 0.314 e. The van der Waals surface area contributed by atoms with Gasteiger partial charge in [0, 0.05) is 32.2 Å². The lowest BCUT2D eigenvalue weighted by Crippen LogP contribution is -2.52. The molecule has 1 fully saturated rings. The van der Waals surface area contributed by atoms with Crippen LogP contribution in [0, 0.1) is 0 Å². The van der Waals surface area contributed by atoms with Crippen molar-refractivity contribution in [2.45, 2.75) is 19.4 Å². The highest BCUT2D eigenvalue weighted by molar-refractivity contribution is 7.89. The molecule has 1 unspecified atom stereocenters. The molecule has 0 bridgehead atoms. The third-order valence-corrected chi connectivity index (χ3v) is 6.52. The quantitative estimate of drug-likeness (QED) is 0.752. The van der Waals surface area contributed by atoms with Gasteiger partial charge in [-0.25, -0.2) is 8.42 Å². The Morgan fingerprint density at radius 3 is 2.32 bits per heavy atom. The van der Waals surface area contributed by atoms with Crippen LogP contribution in [0.2, 0.25) is 0 Å². The first-order valence-corrected chi connectivity index (χ1v) is 9.68. The number of carbonyl (C=O) groups is 2. The van der Waals surface area contributed by atoms with Crippen molar-refractivity contribution in [3.63, 3.8) is 0 Å². The molecule has 25 heavy (non-hydrogen) atoms. The molecule has 1 saturated heterocycles. The summed E-state index contributed by atoms with van der Waals surface area (Å²) >= 11 is 0. The lowest BCUT2D eigenvalue weighted by molar-refractivity contribution is 0.0654. The van der Waals surface area contributed by atoms with Crippen LogP contribution in [0.25, 0.3) is 0 Å². The predicted molar refractivity (Wildman–Crippen MR) is 96.5 cm³/mol. The molecule has 7 nitrogen and oxygen atoms in total. The van der Waals surface area contributed by atoms with Crippen LogP contribution in [0.3, 0.4) is 0 Å². The zero-order valence-corrected chi connectivity index (χ0v) is 15.6. The minimum absolute atomic E-state index is 0. The number of hydrogen-bond acceptors (Lipinski definition) is 5. The molecule has 2 aliphatic rings. The van der Waals surface area contributed by atoms with Crippen LogP contribution in [0.15, 0.2) is 24.3 Å². The Labute approximate surface area is 153 Å². The van der Waals surface area contributed by atoms with E-state index in [2.05, 4.69) is 5.32 Å². The van der Waals surface area contributed by atoms with E-state index in [1.807, 2.05) is 6.92 Å². The summed E-state index contributed by atoms with van der Waals surface area (Å²) in [6, 6.07) is 6.58. The Morgan fingerprint density at radius 2 is 1.76 bits per heavy atom. The fraction of sp³-hybridized carbons (Fsp3) is 0.500. The van der Waals surface area contributed by atoms with E-state index < -0.39 is 10.0 Å². The molecule has 138 valence electrons. The summed E-state index contributed by atoms with van der Waals surface area (Å²) in [6.07, 6.45) is 0.241. The number of amides is 2. The smallest absolute Gasteiger partial charge is 0.261 e. The van der Waals surface area contributed by atoms with E-state index in [1.165, 1.54) is 4.31 Å². The number of benzene rings is 1. The van der Waals surface area contributed by atoms with Gasteiger partial charge in [0.15, 0.2) is 0 Å². The van der Waals surface area contributed by atoms with Gasteiger partial charge in [-0.2, -0.15) is 4.31 Å². The molecule has 1 atom stereocenters. The van der Waals surface area contributed by atoms with Crippen molar-refractivity contribution in [1.29, 1.82) is 0 Å². The minimum atomic E-state index is -3.38. The number of sulfonamides is 1. The van der Waals surface area contributed by atoms with Crippen LogP contribution in [0.1, 0.15) is 34.1 Å². The molecule has 2 aliphatic heterocycles. The van der Waals surface area contributed by atoms with Crippen LogP contribution in [0.5, 0.6) is 0 Å². The standard InChI is InChI=1S/C16H21N3O4S.ClH/c1-12-11-17-7-9-19(12)24(22,23)10-4-8-18-15(20)13-5-2-3-6-14(13)16(18)21;/h2-3,5-6,12,17H,4,7-11H2,1H3;1H. The lowest BCUT2D eigenvalue weighted by Gasteiger charge is -2.33. The van der Waals surface area contributed by atoms with Gasteiger partial charge in [-0.3, -0.25) is 14.5 Å². The fourth-order valence-electron chi connectivity index (χ4n) is 3.20. The zero-order valence-electron chi connectivity index (χ0n) is 14.0. The molecule has 0 saturated carbocycles. The van der Waals surface area contributed by atoms with Crippen molar-refractivity contribution in [2.24, 2.45) is 0 Å². The van der Waals surface area contributed by atoms with Crippen LogP contribution in [-0.4, -0.2) is 67.4 Å². The van der Waals surface area contributed by atoms with Gasteiger partial charge < -0.3 is 5.32 Å².